The lowest BCUT2D eigenvalue weighted by molar-refractivity contribution is 0.507. The fourth-order valence-electron chi connectivity index (χ4n) is 1.58. The Morgan fingerprint density at radius 3 is 2.28 bits per heavy atom. The standard InChI is InChI=1S/C13H7Cl2F3/c14-10-6-12(18)11(17)5-9(10)13(15)7-2-1-3-8(16)4-7/h1-6,13H. The molecule has 0 aliphatic rings. The molecule has 0 spiro atoms. The highest BCUT2D eigenvalue weighted by Crippen LogP contribution is 2.34. The van der Waals surface area contributed by atoms with E-state index in [1.165, 1.54) is 18.2 Å². The van der Waals surface area contributed by atoms with Crippen molar-refractivity contribution in [2.75, 3.05) is 0 Å². The summed E-state index contributed by atoms with van der Waals surface area (Å²) in [6.45, 7) is 0. The second-order valence-corrected chi connectivity index (χ2v) is 4.55. The molecule has 0 N–H and O–H groups in total. The van der Waals surface area contributed by atoms with E-state index in [1.807, 2.05) is 0 Å². The number of hydrogen-bond donors (Lipinski definition) is 0. The van der Waals surface area contributed by atoms with Gasteiger partial charge in [0.1, 0.15) is 5.82 Å². The van der Waals surface area contributed by atoms with E-state index >= 15 is 0 Å². The SMILES string of the molecule is Fc1cccc(C(Cl)c2cc(F)c(F)cc2Cl)c1. The van der Waals surface area contributed by atoms with Crippen LogP contribution in [0.4, 0.5) is 13.2 Å². The van der Waals surface area contributed by atoms with Gasteiger partial charge in [-0.15, -0.1) is 11.6 Å². The second-order valence-electron chi connectivity index (χ2n) is 3.71. The monoisotopic (exact) mass is 290 g/mol. The molecule has 5 heteroatoms. The first-order valence-electron chi connectivity index (χ1n) is 5.03. The average molecular weight is 291 g/mol. The van der Waals surface area contributed by atoms with Gasteiger partial charge < -0.3 is 0 Å². The van der Waals surface area contributed by atoms with Crippen molar-refractivity contribution >= 4 is 23.2 Å². The second kappa shape index (κ2) is 5.21. The summed E-state index contributed by atoms with van der Waals surface area (Å²) >= 11 is 11.9. The zero-order valence-electron chi connectivity index (χ0n) is 8.93. The number of halogens is 5. The van der Waals surface area contributed by atoms with Crippen molar-refractivity contribution in [3.8, 4) is 0 Å². The van der Waals surface area contributed by atoms with Gasteiger partial charge in [-0.05, 0) is 35.4 Å². The predicted octanol–water partition coefficient (Wildman–Crippen LogP) is 5.09. The largest absolute Gasteiger partial charge is 0.207 e. The summed E-state index contributed by atoms with van der Waals surface area (Å²) in [6.07, 6.45) is 0. The molecule has 0 amide bonds. The van der Waals surface area contributed by atoms with Crippen LogP contribution in [0.15, 0.2) is 36.4 Å². The Bertz CT molecular complexity index is 584. The van der Waals surface area contributed by atoms with E-state index in [4.69, 9.17) is 23.2 Å². The molecule has 0 heterocycles. The Balaban J connectivity index is 2.46. The van der Waals surface area contributed by atoms with Crippen LogP contribution in [0, 0.1) is 17.5 Å². The lowest BCUT2D eigenvalue weighted by atomic mass is 10.0. The van der Waals surface area contributed by atoms with Crippen LogP contribution in [0.25, 0.3) is 0 Å². The summed E-state index contributed by atoms with van der Waals surface area (Å²) in [7, 11) is 0. The minimum Gasteiger partial charge on any atom is -0.207 e. The minimum atomic E-state index is -1.05. The Kier molecular flexibility index (Phi) is 3.83. The first kappa shape index (κ1) is 13.2. The van der Waals surface area contributed by atoms with Gasteiger partial charge in [0.15, 0.2) is 11.6 Å². The van der Waals surface area contributed by atoms with Crippen molar-refractivity contribution in [2.24, 2.45) is 0 Å². The maximum atomic E-state index is 13.1. The molecule has 0 aliphatic heterocycles. The topological polar surface area (TPSA) is 0 Å². The van der Waals surface area contributed by atoms with E-state index in [9.17, 15) is 13.2 Å². The van der Waals surface area contributed by atoms with Crippen LogP contribution in [0.2, 0.25) is 5.02 Å². The van der Waals surface area contributed by atoms with Crippen LogP contribution in [-0.2, 0) is 0 Å². The fraction of sp³-hybridized carbons (Fsp3) is 0.0769. The molecular formula is C13H7Cl2F3. The highest BCUT2D eigenvalue weighted by Gasteiger charge is 2.17. The van der Waals surface area contributed by atoms with Crippen molar-refractivity contribution in [3.05, 3.63) is 70.0 Å². The maximum Gasteiger partial charge on any atom is 0.160 e. The summed E-state index contributed by atoms with van der Waals surface area (Å²) in [5.41, 5.74) is 0.618. The van der Waals surface area contributed by atoms with Gasteiger partial charge in [-0.1, -0.05) is 23.7 Å². The third kappa shape index (κ3) is 2.62. The average Bonchev–Trinajstić information content (AvgIpc) is 2.33. The van der Waals surface area contributed by atoms with Crippen molar-refractivity contribution in [1.29, 1.82) is 0 Å². The Labute approximate surface area is 112 Å². The Hall–Kier alpha value is -1.19. The molecule has 0 saturated heterocycles. The van der Waals surface area contributed by atoms with Crippen LogP contribution in [0.1, 0.15) is 16.5 Å². The number of rotatable bonds is 2. The molecule has 1 atom stereocenters. The van der Waals surface area contributed by atoms with Gasteiger partial charge in [0.2, 0.25) is 0 Å². The zero-order valence-corrected chi connectivity index (χ0v) is 10.4. The van der Waals surface area contributed by atoms with Gasteiger partial charge in [0.25, 0.3) is 0 Å². The van der Waals surface area contributed by atoms with Crippen LogP contribution >= 0.6 is 23.2 Å². The molecule has 0 aliphatic carbocycles. The Morgan fingerprint density at radius 1 is 0.944 bits per heavy atom. The molecule has 0 saturated carbocycles. The summed E-state index contributed by atoms with van der Waals surface area (Å²) in [5.74, 6) is -2.56. The van der Waals surface area contributed by atoms with Crippen molar-refractivity contribution in [2.45, 2.75) is 5.38 Å². The fourth-order valence-corrected chi connectivity index (χ4v) is 2.21. The molecule has 2 aromatic rings. The van der Waals surface area contributed by atoms with E-state index in [2.05, 4.69) is 0 Å². The lowest BCUT2D eigenvalue weighted by Gasteiger charge is -2.12. The van der Waals surface area contributed by atoms with Crippen molar-refractivity contribution in [1.82, 2.24) is 0 Å². The third-order valence-corrected chi connectivity index (χ3v) is 3.27. The minimum absolute atomic E-state index is 0.00170. The van der Waals surface area contributed by atoms with E-state index < -0.39 is 22.8 Å². The van der Waals surface area contributed by atoms with E-state index in [-0.39, 0.29) is 10.6 Å². The summed E-state index contributed by atoms with van der Waals surface area (Å²) in [5, 5.41) is -0.846. The molecule has 2 aromatic carbocycles. The first-order valence-corrected chi connectivity index (χ1v) is 5.84. The zero-order chi connectivity index (χ0) is 13.3. The third-order valence-electron chi connectivity index (χ3n) is 2.45. The van der Waals surface area contributed by atoms with Gasteiger partial charge in [0, 0.05) is 5.02 Å². The van der Waals surface area contributed by atoms with Crippen molar-refractivity contribution < 1.29 is 13.2 Å². The Morgan fingerprint density at radius 2 is 1.61 bits per heavy atom. The molecule has 0 radical (unpaired) electrons. The van der Waals surface area contributed by atoms with Gasteiger partial charge in [0.05, 0.1) is 5.38 Å². The normalized spacial score (nSPS) is 12.5. The first-order chi connectivity index (χ1) is 8.49. The van der Waals surface area contributed by atoms with Gasteiger partial charge in [-0.2, -0.15) is 0 Å². The van der Waals surface area contributed by atoms with Crippen LogP contribution in [0.5, 0.6) is 0 Å². The molecule has 0 bridgehead atoms. The highest BCUT2D eigenvalue weighted by molar-refractivity contribution is 6.33. The van der Waals surface area contributed by atoms with Crippen molar-refractivity contribution in [3.63, 3.8) is 0 Å². The molecule has 2 rings (SSSR count). The van der Waals surface area contributed by atoms with E-state index in [0.717, 1.165) is 12.1 Å². The number of hydrogen-bond acceptors (Lipinski definition) is 0. The lowest BCUT2D eigenvalue weighted by Crippen LogP contribution is -1.98. The van der Waals surface area contributed by atoms with Crippen LogP contribution in [-0.4, -0.2) is 0 Å². The van der Waals surface area contributed by atoms with Crippen LogP contribution in [0.3, 0.4) is 0 Å². The smallest absolute Gasteiger partial charge is 0.160 e. The summed E-state index contributed by atoms with van der Waals surface area (Å²) in [4.78, 5) is 0. The number of alkyl halides is 1. The quantitative estimate of drug-likeness (QED) is 0.534. The molecule has 0 nitrogen and oxygen atoms in total. The van der Waals surface area contributed by atoms with Gasteiger partial charge in [-0.3, -0.25) is 0 Å². The van der Waals surface area contributed by atoms with Gasteiger partial charge in [-0.25, -0.2) is 13.2 Å². The molecular weight excluding hydrogens is 284 g/mol. The molecule has 94 valence electrons. The molecule has 1 unspecified atom stereocenters. The van der Waals surface area contributed by atoms with Crippen LogP contribution < -0.4 is 0 Å². The van der Waals surface area contributed by atoms with E-state index in [0.29, 0.717) is 5.56 Å². The predicted molar refractivity (Wildman–Crippen MR) is 65.5 cm³/mol. The molecule has 0 aromatic heterocycles. The van der Waals surface area contributed by atoms with E-state index in [1.54, 1.807) is 6.07 Å². The highest BCUT2D eigenvalue weighted by atomic mass is 35.5. The summed E-state index contributed by atoms with van der Waals surface area (Å²) < 4.78 is 39.1. The molecule has 0 fully saturated rings. The number of benzene rings is 2. The summed E-state index contributed by atoms with van der Waals surface area (Å²) in [6, 6.07) is 7.31. The van der Waals surface area contributed by atoms with Gasteiger partial charge >= 0.3 is 0 Å². The maximum absolute atomic E-state index is 13.1. The molecule has 18 heavy (non-hydrogen) atoms.